The molecule has 1 N–H and O–H groups in total. The van der Waals surface area contributed by atoms with Crippen LogP contribution in [-0.4, -0.2) is 20.9 Å². The van der Waals surface area contributed by atoms with Crippen LogP contribution in [-0.2, 0) is 34.1 Å². The van der Waals surface area contributed by atoms with Crippen LogP contribution in [0.3, 0.4) is 0 Å². The number of hydrogen-bond donors (Lipinski definition) is 1. The molecule has 8 heteroatoms. The zero-order chi connectivity index (χ0) is 19.4. The topological polar surface area (TPSA) is 86.3 Å². The molecule has 144 valence electrons. The van der Waals surface area contributed by atoms with Crippen LogP contribution in [0.4, 0.5) is 0 Å². The van der Waals surface area contributed by atoms with Crippen molar-refractivity contribution in [3.63, 3.8) is 0 Å². The van der Waals surface area contributed by atoms with Gasteiger partial charge in [-0.3, -0.25) is 0 Å². The van der Waals surface area contributed by atoms with Crippen LogP contribution in [0.2, 0.25) is 5.02 Å². The minimum Gasteiger partial charge on any atom is -0.550 e. The number of sulfonamides is 1. The van der Waals surface area contributed by atoms with Gasteiger partial charge in [0.05, 0.1) is 4.90 Å². The molecule has 1 atom stereocenters. The van der Waals surface area contributed by atoms with Gasteiger partial charge in [0.2, 0.25) is 10.0 Å². The summed E-state index contributed by atoms with van der Waals surface area (Å²) in [6, 6.07) is 11.9. The standard InChI is InChI=1S/C20H22ClNO4S.Na/c21-18-5-7-19(8-6-18)27(25,26)22-9-1-2-14-10-16-4-3-15(13-20(23)24)12-17(16)11-14;/h3-8,12,14,22H,1-2,9-11,13H2,(H,23,24);/q;+1/p-1. The number of carbonyl (C=O) groups excluding carboxylic acids is 1. The third-order valence-corrected chi connectivity index (χ3v) is 6.57. The van der Waals surface area contributed by atoms with E-state index < -0.39 is 16.0 Å². The molecule has 0 amide bonds. The summed E-state index contributed by atoms with van der Waals surface area (Å²) in [5, 5.41) is 11.2. The maximum Gasteiger partial charge on any atom is 1.00 e. The molecular weight excluding hydrogens is 409 g/mol. The largest absolute Gasteiger partial charge is 1.00 e. The number of carboxylic acid groups (broad SMARTS) is 1. The van der Waals surface area contributed by atoms with E-state index >= 15 is 0 Å². The van der Waals surface area contributed by atoms with Gasteiger partial charge in [0.25, 0.3) is 0 Å². The van der Waals surface area contributed by atoms with E-state index in [0.29, 0.717) is 17.5 Å². The number of carboxylic acids is 1. The maximum absolute atomic E-state index is 12.2. The fourth-order valence-electron chi connectivity index (χ4n) is 3.54. The average Bonchev–Trinajstić information content (AvgIpc) is 3.00. The van der Waals surface area contributed by atoms with Crippen LogP contribution < -0.4 is 39.4 Å². The number of rotatable bonds is 8. The molecule has 0 fully saturated rings. The Morgan fingerprint density at radius 3 is 2.46 bits per heavy atom. The Hall–Kier alpha value is -0.890. The smallest absolute Gasteiger partial charge is 0.550 e. The van der Waals surface area contributed by atoms with E-state index in [1.54, 1.807) is 12.1 Å². The van der Waals surface area contributed by atoms with E-state index in [0.717, 1.165) is 31.2 Å². The molecule has 1 aliphatic carbocycles. The fraction of sp³-hybridized carbons (Fsp3) is 0.350. The zero-order valence-electron chi connectivity index (χ0n) is 15.8. The van der Waals surface area contributed by atoms with Crippen molar-refractivity contribution in [1.29, 1.82) is 0 Å². The van der Waals surface area contributed by atoms with Crippen LogP contribution in [0, 0.1) is 5.92 Å². The first kappa shape index (κ1) is 23.4. The Morgan fingerprint density at radius 2 is 1.79 bits per heavy atom. The van der Waals surface area contributed by atoms with Crippen molar-refractivity contribution in [2.75, 3.05) is 6.54 Å². The molecule has 5 nitrogen and oxygen atoms in total. The van der Waals surface area contributed by atoms with Crippen molar-refractivity contribution in [2.45, 2.75) is 37.0 Å². The Morgan fingerprint density at radius 1 is 1.11 bits per heavy atom. The van der Waals surface area contributed by atoms with Crippen LogP contribution in [0.15, 0.2) is 47.4 Å². The molecule has 28 heavy (non-hydrogen) atoms. The normalized spacial score (nSPS) is 15.7. The van der Waals surface area contributed by atoms with Crippen molar-refractivity contribution >= 4 is 27.6 Å². The van der Waals surface area contributed by atoms with Gasteiger partial charge in [0, 0.05) is 24.0 Å². The van der Waals surface area contributed by atoms with Gasteiger partial charge >= 0.3 is 29.6 Å². The van der Waals surface area contributed by atoms with Crippen LogP contribution in [0.1, 0.15) is 29.5 Å². The van der Waals surface area contributed by atoms with Crippen molar-refractivity contribution in [2.24, 2.45) is 5.92 Å². The van der Waals surface area contributed by atoms with Crippen LogP contribution >= 0.6 is 11.6 Å². The molecule has 0 spiro atoms. The van der Waals surface area contributed by atoms with Gasteiger partial charge in [0.1, 0.15) is 0 Å². The summed E-state index contributed by atoms with van der Waals surface area (Å²) in [4.78, 5) is 10.9. The van der Waals surface area contributed by atoms with Crippen molar-refractivity contribution in [3.8, 4) is 0 Å². The first-order valence-electron chi connectivity index (χ1n) is 8.89. The molecule has 0 radical (unpaired) electrons. The van der Waals surface area contributed by atoms with Gasteiger partial charge in [0.15, 0.2) is 0 Å². The molecule has 0 saturated carbocycles. The second kappa shape index (κ2) is 10.2. The summed E-state index contributed by atoms with van der Waals surface area (Å²) in [7, 11) is -3.51. The van der Waals surface area contributed by atoms with Gasteiger partial charge < -0.3 is 9.90 Å². The third kappa shape index (κ3) is 6.31. The molecule has 0 aromatic heterocycles. The fourth-order valence-corrected chi connectivity index (χ4v) is 4.74. The number of halogens is 1. The van der Waals surface area contributed by atoms with Crippen LogP contribution in [0.25, 0.3) is 0 Å². The zero-order valence-corrected chi connectivity index (χ0v) is 19.4. The van der Waals surface area contributed by atoms with Crippen molar-refractivity contribution < 1.29 is 47.9 Å². The van der Waals surface area contributed by atoms with Gasteiger partial charge in [-0.05, 0) is 72.6 Å². The molecule has 1 aliphatic rings. The number of hydrogen-bond acceptors (Lipinski definition) is 4. The third-order valence-electron chi connectivity index (χ3n) is 4.84. The second-order valence-electron chi connectivity index (χ2n) is 6.92. The number of carbonyl (C=O) groups is 1. The Labute approximate surface area is 192 Å². The summed E-state index contributed by atoms with van der Waals surface area (Å²) in [5.74, 6) is -0.615. The molecular formula is C20H21ClNNaO4S. The van der Waals surface area contributed by atoms with Crippen molar-refractivity contribution in [3.05, 3.63) is 64.2 Å². The summed E-state index contributed by atoms with van der Waals surface area (Å²) in [6.45, 7) is 0.383. The molecule has 0 saturated heterocycles. The molecule has 1 unspecified atom stereocenters. The first-order chi connectivity index (χ1) is 12.8. The summed E-state index contributed by atoms with van der Waals surface area (Å²) in [6.07, 6.45) is 3.44. The molecule has 3 rings (SSSR count). The van der Waals surface area contributed by atoms with E-state index in [1.165, 1.54) is 23.3 Å². The Balaban J connectivity index is 0.00000280. The number of fused-ring (bicyclic) bond motifs is 1. The maximum atomic E-state index is 12.2. The van der Waals surface area contributed by atoms with Crippen LogP contribution in [0.5, 0.6) is 0 Å². The van der Waals surface area contributed by atoms with E-state index in [9.17, 15) is 18.3 Å². The molecule has 0 aliphatic heterocycles. The summed E-state index contributed by atoms with van der Waals surface area (Å²) >= 11 is 5.79. The van der Waals surface area contributed by atoms with Crippen molar-refractivity contribution in [1.82, 2.24) is 4.72 Å². The number of benzene rings is 2. The monoisotopic (exact) mass is 429 g/mol. The number of nitrogens with one attached hydrogen (secondary N) is 1. The summed E-state index contributed by atoms with van der Waals surface area (Å²) in [5.41, 5.74) is 3.22. The Bertz CT molecular complexity index is 932. The summed E-state index contributed by atoms with van der Waals surface area (Å²) < 4.78 is 27.1. The van der Waals surface area contributed by atoms with E-state index in [-0.39, 0.29) is 40.9 Å². The van der Waals surface area contributed by atoms with Gasteiger partial charge in [-0.15, -0.1) is 0 Å². The van der Waals surface area contributed by atoms with Gasteiger partial charge in [-0.25, -0.2) is 13.1 Å². The minimum atomic E-state index is -3.51. The SMILES string of the molecule is O=C([O-])Cc1ccc2c(c1)CC(CCCNS(=O)(=O)c1ccc(Cl)cc1)C2.[Na+]. The van der Waals surface area contributed by atoms with E-state index in [2.05, 4.69) is 4.72 Å². The molecule has 2 aromatic carbocycles. The van der Waals surface area contributed by atoms with E-state index in [4.69, 9.17) is 11.6 Å². The predicted molar refractivity (Wildman–Crippen MR) is 102 cm³/mol. The minimum absolute atomic E-state index is 0. The number of aliphatic carboxylic acids is 1. The predicted octanol–water partition coefficient (Wildman–Crippen LogP) is -0.890. The molecule has 2 aromatic rings. The van der Waals surface area contributed by atoms with Gasteiger partial charge in [-0.2, -0.15) is 0 Å². The quantitative estimate of drug-likeness (QED) is 0.436. The van der Waals surface area contributed by atoms with Gasteiger partial charge in [-0.1, -0.05) is 29.8 Å². The average molecular weight is 430 g/mol. The Kier molecular flexibility index (Phi) is 8.55. The molecule has 0 heterocycles. The molecule has 0 bridgehead atoms. The van der Waals surface area contributed by atoms with E-state index in [1.807, 2.05) is 18.2 Å². The second-order valence-corrected chi connectivity index (χ2v) is 9.12. The first-order valence-corrected chi connectivity index (χ1v) is 10.8.